The lowest BCUT2D eigenvalue weighted by atomic mass is 9.97. The van der Waals surface area contributed by atoms with Gasteiger partial charge in [0, 0.05) is 0 Å². The Labute approximate surface area is 115 Å². The van der Waals surface area contributed by atoms with E-state index in [1.165, 1.54) is 0 Å². The molecule has 2 N–H and O–H groups in total. The smallest absolute Gasteiger partial charge is 0.303 e. The number of hydrogen-bond donors (Lipinski definition) is 2. The topological polar surface area (TPSA) is 40.5 Å². The van der Waals surface area contributed by atoms with E-state index in [9.17, 15) is 8.78 Å². The van der Waals surface area contributed by atoms with Gasteiger partial charge in [0.05, 0.1) is 23.3 Å². The minimum absolute atomic E-state index is 0.295. The zero-order chi connectivity index (χ0) is 13.2. The molecule has 8 heteroatoms. The summed E-state index contributed by atoms with van der Waals surface area (Å²) in [6.45, 7) is -1.58. The van der Waals surface area contributed by atoms with Crippen LogP contribution >= 0.6 is 46.4 Å². The van der Waals surface area contributed by atoms with Crippen LogP contribution in [0.2, 0.25) is 0 Å². The van der Waals surface area contributed by atoms with Crippen molar-refractivity contribution in [2.24, 2.45) is 0 Å². The van der Waals surface area contributed by atoms with Crippen molar-refractivity contribution < 1.29 is 19.0 Å². The van der Waals surface area contributed by atoms with E-state index in [0.717, 1.165) is 0 Å². The summed E-state index contributed by atoms with van der Waals surface area (Å²) >= 11 is 23.0. The van der Waals surface area contributed by atoms with E-state index in [-0.39, 0.29) is 11.1 Å². The second-order valence-corrected chi connectivity index (χ2v) is 5.68. The predicted molar refractivity (Wildman–Crippen MR) is 62.0 cm³/mol. The zero-order valence-electron chi connectivity index (χ0n) is 8.08. The van der Waals surface area contributed by atoms with Gasteiger partial charge >= 0.3 is 5.92 Å². The van der Waals surface area contributed by atoms with Crippen LogP contribution in [0.3, 0.4) is 0 Å². The maximum Gasteiger partial charge on any atom is 0.303 e. The van der Waals surface area contributed by atoms with Gasteiger partial charge in [-0.15, -0.1) is 23.2 Å². The first kappa shape index (κ1) is 13.8. The maximum atomic E-state index is 14.2. The molecule has 0 saturated heterocycles. The van der Waals surface area contributed by atoms with Crippen LogP contribution in [0.15, 0.2) is 21.2 Å². The van der Waals surface area contributed by atoms with Crippen LogP contribution in [-0.4, -0.2) is 39.1 Å². The standard InChI is InChI=1S/C9H6Cl4F2O2/c10-5-6(11)8(13)4(2-17)3(1-16)7(5,12)9(8,14)15/h16-17H,1-2H2. The molecule has 2 aliphatic rings. The Hall–Kier alpha value is 0.420. The Bertz CT molecular complexity index is 424. The predicted octanol–water partition coefficient (Wildman–Crippen LogP) is 2.57. The largest absolute Gasteiger partial charge is 0.392 e. The summed E-state index contributed by atoms with van der Waals surface area (Å²) in [6.07, 6.45) is 0. The van der Waals surface area contributed by atoms with E-state index < -0.39 is 38.9 Å². The molecule has 0 aromatic carbocycles. The Morgan fingerprint density at radius 3 is 1.41 bits per heavy atom. The van der Waals surface area contributed by atoms with E-state index in [2.05, 4.69) is 0 Å². The minimum Gasteiger partial charge on any atom is -0.392 e. The number of allylic oxidation sites excluding steroid dienone is 2. The maximum absolute atomic E-state index is 14.2. The summed E-state index contributed by atoms with van der Waals surface area (Å²) in [4.78, 5) is -4.94. The molecule has 0 amide bonds. The van der Waals surface area contributed by atoms with Gasteiger partial charge in [-0.25, -0.2) is 8.78 Å². The van der Waals surface area contributed by atoms with E-state index in [0.29, 0.717) is 0 Å². The molecule has 2 unspecified atom stereocenters. The Morgan fingerprint density at radius 2 is 1.18 bits per heavy atom. The zero-order valence-corrected chi connectivity index (χ0v) is 11.1. The van der Waals surface area contributed by atoms with Crippen LogP contribution < -0.4 is 0 Å². The Balaban J connectivity index is 2.81. The van der Waals surface area contributed by atoms with E-state index >= 15 is 0 Å². The van der Waals surface area contributed by atoms with Crippen molar-refractivity contribution in [3.8, 4) is 0 Å². The third kappa shape index (κ3) is 1.15. The highest BCUT2D eigenvalue weighted by Gasteiger charge is 2.81. The van der Waals surface area contributed by atoms with Gasteiger partial charge in [-0.1, -0.05) is 23.2 Å². The van der Waals surface area contributed by atoms with Crippen molar-refractivity contribution >= 4 is 46.4 Å². The third-order valence-electron chi connectivity index (χ3n) is 3.18. The van der Waals surface area contributed by atoms with Crippen LogP contribution in [0.1, 0.15) is 0 Å². The van der Waals surface area contributed by atoms with Gasteiger partial charge < -0.3 is 10.2 Å². The molecule has 0 aromatic heterocycles. The minimum atomic E-state index is -3.71. The van der Waals surface area contributed by atoms with Gasteiger partial charge in [0.1, 0.15) is 0 Å². The number of aliphatic hydroxyl groups is 2. The van der Waals surface area contributed by atoms with Gasteiger partial charge in [0.25, 0.3) is 0 Å². The molecule has 0 fully saturated rings. The second-order valence-electron chi connectivity index (χ2n) is 3.79. The van der Waals surface area contributed by atoms with Crippen LogP contribution in [-0.2, 0) is 0 Å². The summed E-state index contributed by atoms with van der Waals surface area (Å²) < 4.78 is 28.4. The number of hydrogen-bond acceptors (Lipinski definition) is 2. The normalized spacial score (nSPS) is 39.5. The summed E-state index contributed by atoms with van der Waals surface area (Å²) in [5, 5.41) is 17.2. The van der Waals surface area contributed by atoms with Crippen LogP contribution in [0.5, 0.6) is 0 Å². The van der Waals surface area contributed by atoms with Crippen molar-refractivity contribution in [2.45, 2.75) is 15.7 Å². The van der Waals surface area contributed by atoms with Crippen molar-refractivity contribution in [1.82, 2.24) is 0 Å². The highest BCUT2D eigenvalue weighted by atomic mass is 35.5. The SMILES string of the molecule is OCC1=C(CO)C2(Cl)C(Cl)=C(Cl)C1(Cl)C2(F)F. The lowest BCUT2D eigenvalue weighted by molar-refractivity contribution is -0.0167. The molecular weight excluding hydrogens is 320 g/mol. The van der Waals surface area contributed by atoms with Crippen LogP contribution in [0.25, 0.3) is 0 Å². The number of aliphatic hydroxyl groups excluding tert-OH is 2. The van der Waals surface area contributed by atoms with Gasteiger partial charge in [-0.05, 0) is 11.1 Å². The average molecular weight is 326 g/mol. The molecule has 17 heavy (non-hydrogen) atoms. The molecule has 0 aromatic rings. The lowest BCUT2D eigenvalue weighted by Crippen LogP contribution is -2.47. The number of alkyl halides is 4. The van der Waals surface area contributed by atoms with E-state index in [1.807, 2.05) is 0 Å². The lowest BCUT2D eigenvalue weighted by Gasteiger charge is -2.29. The average Bonchev–Trinajstić information content (AvgIpc) is 2.48. The Morgan fingerprint density at radius 1 is 0.882 bits per heavy atom. The molecule has 0 heterocycles. The van der Waals surface area contributed by atoms with Crippen molar-refractivity contribution in [3.05, 3.63) is 21.2 Å². The number of halogens is 6. The number of fused-ring (bicyclic) bond motifs is 2. The van der Waals surface area contributed by atoms with Gasteiger partial charge in [0.2, 0.25) is 0 Å². The molecule has 2 aliphatic carbocycles. The first-order chi connectivity index (χ1) is 7.71. The second kappa shape index (κ2) is 3.71. The fraction of sp³-hybridized carbons (Fsp3) is 0.556. The summed E-state index contributed by atoms with van der Waals surface area (Å²) in [6, 6.07) is 0. The monoisotopic (exact) mass is 324 g/mol. The summed E-state index contributed by atoms with van der Waals surface area (Å²) in [5.74, 6) is -3.71. The van der Waals surface area contributed by atoms with Crippen molar-refractivity contribution in [3.63, 3.8) is 0 Å². The van der Waals surface area contributed by atoms with Crippen LogP contribution in [0.4, 0.5) is 8.78 Å². The van der Waals surface area contributed by atoms with Crippen LogP contribution in [0, 0.1) is 0 Å². The Kier molecular flexibility index (Phi) is 3.02. The molecule has 96 valence electrons. The van der Waals surface area contributed by atoms with E-state index in [1.54, 1.807) is 0 Å². The molecule has 0 saturated carbocycles. The molecule has 0 spiro atoms. The van der Waals surface area contributed by atoms with Crippen molar-refractivity contribution in [2.75, 3.05) is 13.2 Å². The highest BCUT2D eigenvalue weighted by Crippen LogP contribution is 2.71. The van der Waals surface area contributed by atoms with E-state index in [4.69, 9.17) is 56.6 Å². The molecule has 0 aliphatic heterocycles. The first-order valence-electron chi connectivity index (χ1n) is 4.47. The third-order valence-corrected chi connectivity index (χ3v) is 5.72. The van der Waals surface area contributed by atoms with Crippen molar-refractivity contribution in [1.29, 1.82) is 0 Å². The molecule has 2 atom stereocenters. The fourth-order valence-electron chi connectivity index (χ4n) is 2.28. The molecule has 2 rings (SSSR count). The molecule has 2 bridgehead atoms. The quantitative estimate of drug-likeness (QED) is 0.605. The highest BCUT2D eigenvalue weighted by molar-refractivity contribution is 6.53. The molecule has 0 radical (unpaired) electrons. The fourth-order valence-corrected chi connectivity index (χ4v) is 4.00. The van der Waals surface area contributed by atoms with Gasteiger partial charge in [-0.3, -0.25) is 0 Å². The van der Waals surface area contributed by atoms with Gasteiger partial charge in [-0.2, -0.15) is 0 Å². The number of rotatable bonds is 2. The summed E-state index contributed by atoms with van der Waals surface area (Å²) in [5.41, 5.74) is -0.591. The summed E-state index contributed by atoms with van der Waals surface area (Å²) in [7, 11) is 0. The van der Waals surface area contributed by atoms with Gasteiger partial charge in [0.15, 0.2) is 9.75 Å². The molecule has 2 nitrogen and oxygen atoms in total. The first-order valence-corrected chi connectivity index (χ1v) is 5.99. The molecular formula is C9H6Cl4F2O2.